The van der Waals surface area contributed by atoms with E-state index >= 15 is 0 Å². The summed E-state index contributed by atoms with van der Waals surface area (Å²) in [4.78, 5) is 15.6. The number of piperazine rings is 1. The Morgan fingerprint density at radius 3 is 2.45 bits per heavy atom. The van der Waals surface area contributed by atoms with Gasteiger partial charge >= 0.3 is 0 Å². The molecule has 2 aliphatic heterocycles. The second kappa shape index (κ2) is 9.09. The predicted octanol–water partition coefficient (Wildman–Crippen LogP) is 1.69. The summed E-state index contributed by atoms with van der Waals surface area (Å²) in [6.07, 6.45) is 1.83. The van der Waals surface area contributed by atoms with Gasteiger partial charge in [0.2, 0.25) is 0 Å². The van der Waals surface area contributed by atoms with Gasteiger partial charge in [-0.05, 0) is 42.0 Å². The molecule has 0 saturated carbocycles. The van der Waals surface area contributed by atoms with E-state index in [0.717, 1.165) is 69.6 Å². The number of pyridine rings is 1. The van der Waals surface area contributed by atoms with E-state index < -0.39 is 0 Å². The number of aliphatic imine (C=N–C) groups is 1. The molecule has 154 valence electrons. The van der Waals surface area contributed by atoms with Crippen molar-refractivity contribution in [2.24, 2.45) is 10.7 Å². The van der Waals surface area contributed by atoms with Gasteiger partial charge in [-0.2, -0.15) is 0 Å². The lowest BCUT2D eigenvalue weighted by Crippen LogP contribution is -2.51. The fraction of sp³-hybridized carbons (Fsp3) is 0.429. The van der Waals surface area contributed by atoms with E-state index in [4.69, 9.17) is 10.5 Å². The van der Waals surface area contributed by atoms with Gasteiger partial charge in [-0.25, -0.2) is 14.4 Å². The number of hydrogen-bond donors (Lipinski definition) is 1. The molecule has 2 aliphatic rings. The molecule has 8 heteroatoms. The number of aromatic nitrogens is 1. The van der Waals surface area contributed by atoms with Gasteiger partial charge in [0.1, 0.15) is 11.6 Å². The molecule has 29 heavy (non-hydrogen) atoms. The molecule has 2 saturated heterocycles. The zero-order chi connectivity index (χ0) is 20.1. The number of nitrogens with zero attached hydrogens (tertiary/aromatic N) is 5. The summed E-state index contributed by atoms with van der Waals surface area (Å²) in [5.41, 5.74) is 8.37. The van der Waals surface area contributed by atoms with E-state index in [1.54, 1.807) is 0 Å². The van der Waals surface area contributed by atoms with E-state index in [1.807, 2.05) is 24.4 Å². The molecule has 0 spiro atoms. The third kappa shape index (κ3) is 4.95. The summed E-state index contributed by atoms with van der Waals surface area (Å²) in [6, 6.07) is 10.7. The maximum Gasteiger partial charge on any atom is 0.191 e. The van der Waals surface area contributed by atoms with Crippen molar-refractivity contribution in [3.63, 3.8) is 0 Å². The summed E-state index contributed by atoms with van der Waals surface area (Å²) in [5.74, 6) is 1.32. The first kappa shape index (κ1) is 19.4. The third-order valence-electron chi connectivity index (χ3n) is 5.36. The molecule has 7 nitrogen and oxygen atoms in total. The maximum atomic E-state index is 13.1. The Morgan fingerprint density at radius 2 is 1.72 bits per heavy atom. The minimum Gasteiger partial charge on any atom is -0.378 e. The van der Waals surface area contributed by atoms with Crippen LogP contribution < -0.4 is 15.5 Å². The Hall–Kier alpha value is -2.87. The molecule has 2 N–H and O–H groups in total. The Labute approximate surface area is 170 Å². The number of guanidine groups is 1. The van der Waals surface area contributed by atoms with Gasteiger partial charge in [0.15, 0.2) is 5.96 Å². The van der Waals surface area contributed by atoms with Gasteiger partial charge in [0.25, 0.3) is 0 Å². The van der Waals surface area contributed by atoms with E-state index in [0.29, 0.717) is 12.5 Å². The molecular weight excluding hydrogens is 371 g/mol. The average Bonchev–Trinajstić information content (AvgIpc) is 2.79. The van der Waals surface area contributed by atoms with Crippen LogP contribution in [-0.2, 0) is 11.3 Å². The van der Waals surface area contributed by atoms with Crippen molar-refractivity contribution in [2.45, 2.75) is 6.54 Å². The van der Waals surface area contributed by atoms with Gasteiger partial charge in [-0.1, -0.05) is 0 Å². The molecule has 1 aromatic carbocycles. The number of hydrogen-bond acceptors (Lipinski definition) is 5. The van der Waals surface area contributed by atoms with Gasteiger partial charge in [0.05, 0.1) is 19.8 Å². The first-order valence-electron chi connectivity index (χ1n) is 10.0. The normalized spacial score (nSPS) is 18.2. The van der Waals surface area contributed by atoms with Crippen LogP contribution >= 0.6 is 0 Å². The monoisotopic (exact) mass is 398 g/mol. The smallest absolute Gasteiger partial charge is 0.191 e. The van der Waals surface area contributed by atoms with Crippen LogP contribution in [0, 0.1) is 5.82 Å². The highest BCUT2D eigenvalue weighted by Crippen LogP contribution is 2.17. The fourth-order valence-electron chi connectivity index (χ4n) is 3.64. The van der Waals surface area contributed by atoms with Gasteiger partial charge in [0, 0.05) is 51.2 Å². The summed E-state index contributed by atoms with van der Waals surface area (Å²) in [7, 11) is 0. The lowest BCUT2D eigenvalue weighted by Gasteiger charge is -2.36. The number of morpholine rings is 1. The highest BCUT2D eigenvalue weighted by molar-refractivity contribution is 5.78. The summed E-state index contributed by atoms with van der Waals surface area (Å²) < 4.78 is 18.5. The SMILES string of the molecule is NC(=NCc1ccnc(N2CCOCC2)c1)N1CCN(c2ccc(F)cc2)CC1. The maximum absolute atomic E-state index is 13.1. The molecule has 3 heterocycles. The molecule has 0 aliphatic carbocycles. The number of anilines is 2. The van der Waals surface area contributed by atoms with Crippen LogP contribution in [-0.4, -0.2) is 68.3 Å². The van der Waals surface area contributed by atoms with E-state index in [1.165, 1.54) is 12.1 Å². The Balaban J connectivity index is 1.32. The van der Waals surface area contributed by atoms with Gasteiger partial charge in [-0.3, -0.25) is 0 Å². The highest BCUT2D eigenvalue weighted by Gasteiger charge is 2.18. The van der Waals surface area contributed by atoms with Crippen LogP contribution in [0.1, 0.15) is 5.56 Å². The van der Waals surface area contributed by atoms with Crippen LogP contribution in [0.5, 0.6) is 0 Å². The number of rotatable bonds is 4. The summed E-state index contributed by atoms with van der Waals surface area (Å²) in [6.45, 7) is 6.98. The third-order valence-corrected chi connectivity index (χ3v) is 5.36. The topological polar surface area (TPSA) is 70.2 Å². The number of nitrogens with two attached hydrogens (primary N) is 1. The molecule has 0 amide bonds. The van der Waals surface area contributed by atoms with Crippen molar-refractivity contribution in [1.82, 2.24) is 9.88 Å². The van der Waals surface area contributed by atoms with Crippen molar-refractivity contribution < 1.29 is 9.13 Å². The second-order valence-electron chi connectivity index (χ2n) is 7.25. The first-order chi connectivity index (χ1) is 14.2. The Kier molecular flexibility index (Phi) is 6.09. The molecule has 0 bridgehead atoms. The van der Waals surface area contributed by atoms with E-state index in [2.05, 4.69) is 30.7 Å². The molecule has 2 aromatic rings. The lowest BCUT2D eigenvalue weighted by molar-refractivity contribution is 0.122. The Bertz CT molecular complexity index is 829. The summed E-state index contributed by atoms with van der Waals surface area (Å²) in [5, 5.41) is 0. The lowest BCUT2D eigenvalue weighted by atomic mass is 10.2. The molecule has 0 atom stereocenters. The van der Waals surface area contributed by atoms with Crippen molar-refractivity contribution in [2.75, 3.05) is 62.3 Å². The number of ether oxygens (including phenoxy) is 1. The van der Waals surface area contributed by atoms with Crippen LogP contribution in [0.2, 0.25) is 0 Å². The number of benzene rings is 1. The average molecular weight is 398 g/mol. The molecule has 4 rings (SSSR count). The fourth-order valence-corrected chi connectivity index (χ4v) is 3.64. The van der Waals surface area contributed by atoms with Crippen molar-refractivity contribution in [3.8, 4) is 0 Å². The molecule has 0 radical (unpaired) electrons. The second-order valence-corrected chi connectivity index (χ2v) is 7.25. The van der Waals surface area contributed by atoms with Crippen LogP contribution in [0.3, 0.4) is 0 Å². The largest absolute Gasteiger partial charge is 0.378 e. The molecule has 1 aromatic heterocycles. The molecule has 2 fully saturated rings. The molecular formula is C21H27FN6O. The van der Waals surface area contributed by atoms with Gasteiger partial charge in [-0.15, -0.1) is 0 Å². The zero-order valence-corrected chi connectivity index (χ0v) is 16.5. The van der Waals surface area contributed by atoms with E-state index in [9.17, 15) is 4.39 Å². The van der Waals surface area contributed by atoms with Crippen LogP contribution in [0.25, 0.3) is 0 Å². The first-order valence-corrected chi connectivity index (χ1v) is 10.0. The highest BCUT2D eigenvalue weighted by atomic mass is 19.1. The van der Waals surface area contributed by atoms with E-state index in [-0.39, 0.29) is 5.82 Å². The summed E-state index contributed by atoms with van der Waals surface area (Å²) >= 11 is 0. The number of halogens is 1. The minimum absolute atomic E-state index is 0.211. The minimum atomic E-state index is -0.211. The van der Waals surface area contributed by atoms with Crippen molar-refractivity contribution in [1.29, 1.82) is 0 Å². The van der Waals surface area contributed by atoms with Crippen LogP contribution in [0.15, 0.2) is 47.6 Å². The Morgan fingerprint density at radius 1 is 1.00 bits per heavy atom. The van der Waals surface area contributed by atoms with Gasteiger partial charge < -0.3 is 25.2 Å². The van der Waals surface area contributed by atoms with Crippen molar-refractivity contribution in [3.05, 3.63) is 54.0 Å². The predicted molar refractivity (Wildman–Crippen MR) is 113 cm³/mol. The standard InChI is InChI=1S/C21H27FN6O/c22-18-1-3-19(4-2-18)26-7-9-28(10-8-26)21(23)25-16-17-5-6-24-20(15-17)27-11-13-29-14-12-27/h1-6,15H,7-14,16H2,(H2,23,25). The molecule has 0 unspecified atom stereocenters. The van der Waals surface area contributed by atoms with Crippen LogP contribution in [0.4, 0.5) is 15.9 Å². The quantitative estimate of drug-likeness (QED) is 0.624. The van der Waals surface area contributed by atoms with Crippen molar-refractivity contribution >= 4 is 17.5 Å². The zero-order valence-electron chi connectivity index (χ0n) is 16.5.